The Morgan fingerprint density at radius 1 is 1.09 bits per heavy atom. The highest BCUT2D eigenvalue weighted by Gasteiger charge is 2.09. The van der Waals surface area contributed by atoms with Crippen molar-refractivity contribution in [1.82, 2.24) is 10.3 Å². The van der Waals surface area contributed by atoms with Gasteiger partial charge in [0.2, 0.25) is 0 Å². The molecule has 0 atom stereocenters. The Morgan fingerprint density at radius 2 is 1.91 bits per heavy atom. The summed E-state index contributed by atoms with van der Waals surface area (Å²) in [6.07, 6.45) is 0.768. The van der Waals surface area contributed by atoms with Crippen LogP contribution in [-0.4, -0.2) is 11.5 Å². The van der Waals surface area contributed by atoms with Gasteiger partial charge >= 0.3 is 0 Å². The first-order chi connectivity index (χ1) is 10.6. The zero-order chi connectivity index (χ0) is 15.5. The van der Waals surface area contributed by atoms with Crippen LogP contribution in [0.1, 0.15) is 16.8 Å². The van der Waals surface area contributed by atoms with Gasteiger partial charge in [-0.05, 0) is 49.7 Å². The van der Waals surface area contributed by atoms with Crippen LogP contribution in [0.15, 0.2) is 42.5 Å². The molecule has 2 aromatic carbocycles. The summed E-state index contributed by atoms with van der Waals surface area (Å²) in [4.78, 5) is 3.27. The minimum absolute atomic E-state index is 0.194. The topological polar surface area (TPSA) is 27.8 Å². The highest BCUT2D eigenvalue weighted by molar-refractivity contribution is 5.84. The normalized spacial score (nSPS) is 11.2. The number of nitrogens with one attached hydrogen (secondary N) is 2. The lowest BCUT2D eigenvalue weighted by Gasteiger charge is -2.06. The van der Waals surface area contributed by atoms with Crippen molar-refractivity contribution in [3.63, 3.8) is 0 Å². The van der Waals surface area contributed by atoms with Crippen LogP contribution >= 0.6 is 0 Å². The summed E-state index contributed by atoms with van der Waals surface area (Å²) in [5, 5.41) is 4.16. The molecule has 0 fully saturated rings. The van der Waals surface area contributed by atoms with E-state index in [-0.39, 0.29) is 11.6 Å². The Hall–Kier alpha value is -2.20. The number of benzene rings is 2. The molecule has 0 bridgehead atoms. The fourth-order valence-electron chi connectivity index (χ4n) is 2.75. The SMILES string of the molecule is Cc1[nH]c2ccc(F)cc2c1CCNCc1ccccc1F. The van der Waals surface area contributed by atoms with Gasteiger partial charge in [-0.3, -0.25) is 0 Å². The molecule has 0 saturated carbocycles. The van der Waals surface area contributed by atoms with Crippen LogP contribution in [0.25, 0.3) is 10.9 Å². The highest BCUT2D eigenvalue weighted by atomic mass is 19.1. The molecule has 22 heavy (non-hydrogen) atoms. The van der Waals surface area contributed by atoms with E-state index in [1.165, 1.54) is 12.1 Å². The number of halogens is 2. The molecule has 0 unspecified atom stereocenters. The molecular formula is C18H18F2N2. The lowest BCUT2D eigenvalue weighted by atomic mass is 10.1. The molecule has 0 radical (unpaired) electrons. The van der Waals surface area contributed by atoms with Crippen LogP contribution < -0.4 is 5.32 Å². The standard InChI is InChI=1S/C18H18F2N2/c1-12-15(16-10-14(19)6-7-18(16)22-12)8-9-21-11-13-4-2-3-5-17(13)20/h2-7,10,21-22H,8-9,11H2,1H3. The molecule has 1 heterocycles. The first kappa shape index (κ1) is 14.7. The Labute approximate surface area is 128 Å². The van der Waals surface area contributed by atoms with E-state index in [0.717, 1.165) is 28.6 Å². The number of hydrogen-bond acceptors (Lipinski definition) is 1. The summed E-state index contributed by atoms with van der Waals surface area (Å²) in [6.45, 7) is 3.19. The van der Waals surface area contributed by atoms with Crippen LogP contribution in [0.4, 0.5) is 8.78 Å². The molecule has 0 aliphatic rings. The molecule has 1 aromatic heterocycles. The van der Waals surface area contributed by atoms with E-state index in [0.29, 0.717) is 18.7 Å². The summed E-state index contributed by atoms with van der Waals surface area (Å²) in [7, 11) is 0. The maximum Gasteiger partial charge on any atom is 0.127 e. The minimum Gasteiger partial charge on any atom is -0.358 e. The Kier molecular flexibility index (Phi) is 4.20. The van der Waals surface area contributed by atoms with Crippen LogP contribution in [0.3, 0.4) is 0 Å². The first-order valence-electron chi connectivity index (χ1n) is 7.36. The Balaban J connectivity index is 1.66. The number of aromatic amines is 1. The van der Waals surface area contributed by atoms with Crippen LogP contribution in [0.5, 0.6) is 0 Å². The second-order valence-corrected chi connectivity index (χ2v) is 5.44. The summed E-state index contributed by atoms with van der Waals surface area (Å²) in [5.74, 6) is -0.424. The number of fused-ring (bicyclic) bond motifs is 1. The largest absolute Gasteiger partial charge is 0.358 e. The molecule has 0 aliphatic carbocycles. The van der Waals surface area contributed by atoms with Crippen molar-refractivity contribution in [2.45, 2.75) is 19.9 Å². The summed E-state index contributed by atoms with van der Waals surface area (Å²) in [5.41, 5.74) is 3.76. The van der Waals surface area contributed by atoms with E-state index in [4.69, 9.17) is 0 Å². The van der Waals surface area contributed by atoms with Gasteiger partial charge in [-0.15, -0.1) is 0 Å². The van der Waals surface area contributed by atoms with Crippen molar-refractivity contribution < 1.29 is 8.78 Å². The van der Waals surface area contributed by atoms with Crippen LogP contribution in [-0.2, 0) is 13.0 Å². The van der Waals surface area contributed by atoms with E-state index in [1.807, 2.05) is 13.0 Å². The fraction of sp³-hybridized carbons (Fsp3) is 0.222. The third-order valence-corrected chi connectivity index (χ3v) is 3.91. The second-order valence-electron chi connectivity index (χ2n) is 5.44. The number of hydrogen-bond donors (Lipinski definition) is 2. The monoisotopic (exact) mass is 300 g/mol. The number of aryl methyl sites for hydroxylation is 1. The lowest BCUT2D eigenvalue weighted by molar-refractivity contribution is 0.588. The predicted octanol–water partition coefficient (Wildman–Crippen LogP) is 4.09. The smallest absolute Gasteiger partial charge is 0.127 e. The van der Waals surface area contributed by atoms with Gasteiger partial charge in [0, 0.05) is 28.7 Å². The maximum absolute atomic E-state index is 13.5. The van der Waals surface area contributed by atoms with Gasteiger partial charge in [-0.1, -0.05) is 18.2 Å². The summed E-state index contributed by atoms with van der Waals surface area (Å²) in [6, 6.07) is 11.5. The summed E-state index contributed by atoms with van der Waals surface area (Å²) >= 11 is 0. The van der Waals surface area contributed by atoms with Crippen molar-refractivity contribution in [1.29, 1.82) is 0 Å². The lowest BCUT2D eigenvalue weighted by Crippen LogP contribution is -2.17. The molecule has 0 spiro atoms. The van der Waals surface area contributed by atoms with E-state index in [1.54, 1.807) is 24.3 Å². The number of rotatable bonds is 5. The van der Waals surface area contributed by atoms with E-state index >= 15 is 0 Å². The molecule has 0 aliphatic heterocycles. The molecule has 3 rings (SSSR count). The van der Waals surface area contributed by atoms with Crippen LogP contribution in [0.2, 0.25) is 0 Å². The molecular weight excluding hydrogens is 282 g/mol. The molecule has 0 saturated heterocycles. The minimum atomic E-state index is -0.230. The van der Waals surface area contributed by atoms with Gasteiger partial charge in [-0.25, -0.2) is 8.78 Å². The van der Waals surface area contributed by atoms with Crippen molar-refractivity contribution in [3.8, 4) is 0 Å². The predicted molar refractivity (Wildman–Crippen MR) is 84.8 cm³/mol. The summed E-state index contributed by atoms with van der Waals surface area (Å²) < 4.78 is 26.9. The van der Waals surface area contributed by atoms with Gasteiger partial charge in [0.15, 0.2) is 0 Å². The van der Waals surface area contributed by atoms with Crippen molar-refractivity contribution in [2.24, 2.45) is 0 Å². The quantitative estimate of drug-likeness (QED) is 0.683. The van der Waals surface area contributed by atoms with Gasteiger partial charge < -0.3 is 10.3 Å². The fourth-order valence-corrected chi connectivity index (χ4v) is 2.75. The number of aromatic nitrogens is 1. The van der Waals surface area contributed by atoms with Gasteiger partial charge in [-0.2, -0.15) is 0 Å². The van der Waals surface area contributed by atoms with Gasteiger partial charge in [0.25, 0.3) is 0 Å². The zero-order valence-electron chi connectivity index (χ0n) is 12.4. The first-order valence-corrected chi connectivity index (χ1v) is 7.36. The number of H-pyrrole nitrogens is 1. The Bertz CT molecular complexity index is 793. The van der Waals surface area contributed by atoms with Gasteiger partial charge in [0.1, 0.15) is 11.6 Å². The molecule has 2 N–H and O–H groups in total. The third-order valence-electron chi connectivity index (χ3n) is 3.91. The molecule has 114 valence electrons. The van der Waals surface area contributed by atoms with Crippen LogP contribution in [0, 0.1) is 18.6 Å². The maximum atomic E-state index is 13.5. The van der Waals surface area contributed by atoms with Gasteiger partial charge in [0.05, 0.1) is 0 Å². The molecule has 3 aromatic rings. The van der Waals surface area contributed by atoms with Crippen molar-refractivity contribution in [3.05, 3.63) is 70.9 Å². The van der Waals surface area contributed by atoms with E-state index in [9.17, 15) is 8.78 Å². The van der Waals surface area contributed by atoms with Crippen molar-refractivity contribution in [2.75, 3.05) is 6.54 Å². The third kappa shape index (κ3) is 3.02. The highest BCUT2D eigenvalue weighted by Crippen LogP contribution is 2.23. The average Bonchev–Trinajstić information content (AvgIpc) is 2.81. The van der Waals surface area contributed by atoms with Crippen molar-refractivity contribution >= 4 is 10.9 Å². The molecule has 2 nitrogen and oxygen atoms in total. The van der Waals surface area contributed by atoms with E-state index < -0.39 is 0 Å². The van der Waals surface area contributed by atoms with E-state index in [2.05, 4.69) is 10.3 Å². The Morgan fingerprint density at radius 3 is 2.73 bits per heavy atom. The molecule has 4 heteroatoms. The molecule has 0 amide bonds. The second kappa shape index (κ2) is 6.28. The zero-order valence-corrected chi connectivity index (χ0v) is 12.4. The average molecular weight is 300 g/mol.